The van der Waals surface area contributed by atoms with Gasteiger partial charge in [-0.05, 0) is 37.8 Å². The Bertz CT molecular complexity index is 262. The minimum atomic E-state index is 0.625. The second-order valence-corrected chi connectivity index (χ2v) is 4.34. The zero-order valence-electron chi connectivity index (χ0n) is 8.87. The lowest BCUT2D eigenvalue weighted by molar-refractivity contribution is 0.482. The van der Waals surface area contributed by atoms with Gasteiger partial charge in [-0.15, -0.1) is 0 Å². The van der Waals surface area contributed by atoms with Crippen LogP contribution in [0.15, 0.2) is 30.3 Å². The fourth-order valence-electron chi connectivity index (χ4n) is 2.37. The molecule has 0 bridgehead atoms. The molecule has 1 nitrogen and oxygen atoms in total. The average Bonchev–Trinajstić information content (AvgIpc) is 2.72. The highest BCUT2D eigenvalue weighted by molar-refractivity contribution is 5.43. The lowest BCUT2D eigenvalue weighted by Crippen LogP contribution is -2.23. The van der Waals surface area contributed by atoms with Gasteiger partial charge in [0.15, 0.2) is 0 Å². The highest BCUT2D eigenvalue weighted by Gasteiger charge is 2.20. The summed E-state index contributed by atoms with van der Waals surface area (Å²) in [6.45, 7) is 2.31. The van der Waals surface area contributed by atoms with Gasteiger partial charge in [0.05, 0.1) is 0 Å². The van der Waals surface area contributed by atoms with Crippen molar-refractivity contribution in [1.29, 1.82) is 0 Å². The van der Waals surface area contributed by atoms with Crippen LogP contribution in [0.1, 0.15) is 32.6 Å². The molecule has 76 valence electrons. The molecule has 0 aliphatic heterocycles. The van der Waals surface area contributed by atoms with Crippen molar-refractivity contribution < 1.29 is 0 Å². The zero-order valence-corrected chi connectivity index (χ0v) is 8.87. The van der Waals surface area contributed by atoms with E-state index in [1.54, 1.807) is 0 Å². The van der Waals surface area contributed by atoms with E-state index in [1.165, 1.54) is 31.4 Å². The molecular weight excluding hydrogens is 170 g/mol. The minimum absolute atomic E-state index is 0.625. The van der Waals surface area contributed by atoms with Gasteiger partial charge in [-0.1, -0.05) is 31.0 Å². The maximum atomic E-state index is 3.58. The molecule has 0 spiro atoms. The Morgan fingerprint density at radius 2 is 1.79 bits per heavy atom. The van der Waals surface area contributed by atoms with Gasteiger partial charge in [0.25, 0.3) is 0 Å². The topological polar surface area (TPSA) is 12.0 Å². The fraction of sp³-hybridized carbons (Fsp3) is 0.538. The standard InChI is InChI=1S/C13H19N/c1-11(12-7-5-6-8-12)14-13-9-3-2-4-10-13/h2-4,9-12,14H,5-8H2,1H3. The van der Waals surface area contributed by atoms with E-state index < -0.39 is 0 Å². The first kappa shape index (κ1) is 9.57. The number of para-hydroxylation sites is 1. The molecule has 1 N–H and O–H groups in total. The van der Waals surface area contributed by atoms with E-state index in [-0.39, 0.29) is 0 Å². The summed E-state index contributed by atoms with van der Waals surface area (Å²) < 4.78 is 0. The Hall–Kier alpha value is -0.980. The minimum Gasteiger partial charge on any atom is -0.382 e. The van der Waals surface area contributed by atoms with Gasteiger partial charge in [0.2, 0.25) is 0 Å². The van der Waals surface area contributed by atoms with Crippen molar-refractivity contribution in [1.82, 2.24) is 0 Å². The normalized spacial score (nSPS) is 19.5. The SMILES string of the molecule is CC(Nc1ccccc1)C1CCCC1. The van der Waals surface area contributed by atoms with Crippen LogP contribution < -0.4 is 5.32 Å². The second kappa shape index (κ2) is 4.50. The van der Waals surface area contributed by atoms with E-state index in [0.717, 1.165) is 5.92 Å². The third kappa shape index (κ3) is 2.28. The van der Waals surface area contributed by atoms with Gasteiger partial charge in [0, 0.05) is 11.7 Å². The summed E-state index contributed by atoms with van der Waals surface area (Å²) in [4.78, 5) is 0. The second-order valence-electron chi connectivity index (χ2n) is 4.34. The maximum Gasteiger partial charge on any atom is 0.0342 e. The molecule has 1 saturated carbocycles. The molecule has 1 aliphatic rings. The third-order valence-electron chi connectivity index (χ3n) is 3.28. The summed E-state index contributed by atoms with van der Waals surface area (Å²) >= 11 is 0. The van der Waals surface area contributed by atoms with Crippen LogP contribution >= 0.6 is 0 Å². The molecule has 1 aliphatic carbocycles. The molecule has 1 heteroatoms. The molecule has 0 heterocycles. The Labute approximate surface area is 86.5 Å². The first-order valence-electron chi connectivity index (χ1n) is 5.68. The zero-order chi connectivity index (χ0) is 9.80. The van der Waals surface area contributed by atoms with Crippen molar-refractivity contribution in [3.63, 3.8) is 0 Å². The molecule has 0 saturated heterocycles. The summed E-state index contributed by atoms with van der Waals surface area (Å²) in [5.74, 6) is 0.884. The molecule has 0 aromatic heterocycles. The molecule has 0 radical (unpaired) electrons. The number of anilines is 1. The van der Waals surface area contributed by atoms with Crippen molar-refractivity contribution in [3.8, 4) is 0 Å². The molecule has 1 aromatic carbocycles. The van der Waals surface area contributed by atoms with Gasteiger partial charge in [-0.3, -0.25) is 0 Å². The van der Waals surface area contributed by atoms with E-state index in [1.807, 2.05) is 0 Å². The Kier molecular flexibility index (Phi) is 3.07. The van der Waals surface area contributed by atoms with E-state index in [2.05, 4.69) is 42.6 Å². The average molecular weight is 189 g/mol. The van der Waals surface area contributed by atoms with Crippen LogP contribution in [0.3, 0.4) is 0 Å². The summed E-state index contributed by atoms with van der Waals surface area (Å²) in [7, 11) is 0. The van der Waals surface area contributed by atoms with Gasteiger partial charge in [-0.25, -0.2) is 0 Å². The van der Waals surface area contributed by atoms with Gasteiger partial charge in [0.1, 0.15) is 0 Å². The highest BCUT2D eigenvalue weighted by atomic mass is 14.9. The molecule has 1 fully saturated rings. The first-order chi connectivity index (χ1) is 6.86. The van der Waals surface area contributed by atoms with Crippen LogP contribution in [0.5, 0.6) is 0 Å². The quantitative estimate of drug-likeness (QED) is 0.765. The molecule has 1 aromatic rings. The Balaban J connectivity index is 1.90. The van der Waals surface area contributed by atoms with E-state index >= 15 is 0 Å². The van der Waals surface area contributed by atoms with E-state index in [0.29, 0.717) is 6.04 Å². The van der Waals surface area contributed by atoms with Gasteiger partial charge < -0.3 is 5.32 Å². The van der Waals surface area contributed by atoms with Crippen molar-refractivity contribution in [2.45, 2.75) is 38.6 Å². The molecule has 1 unspecified atom stereocenters. The first-order valence-corrected chi connectivity index (χ1v) is 5.68. The molecule has 0 amide bonds. The molecular formula is C13H19N. The predicted molar refractivity (Wildman–Crippen MR) is 61.5 cm³/mol. The largest absolute Gasteiger partial charge is 0.382 e. The number of benzene rings is 1. The van der Waals surface area contributed by atoms with Crippen LogP contribution in [0.25, 0.3) is 0 Å². The Morgan fingerprint density at radius 1 is 1.14 bits per heavy atom. The van der Waals surface area contributed by atoms with E-state index in [4.69, 9.17) is 0 Å². The lowest BCUT2D eigenvalue weighted by Gasteiger charge is -2.21. The smallest absolute Gasteiger partial charge is 0.0342 e. The maximum absolute atomic E-state index is 3.58. The summed E-state index contributed by atoms with van der Waals surface area (Å²) in [6, 6.07) is 11.1. The van der Waals surface area contributed by atoms with E-state index in [9.17, 15) is 0 Å². The number of hydrogen-bond donors (Lipinski definition) is 1. The molecule has 14 heavy (non-hydrogen) atoms. The van der Waals surface area contributed by atoms with Crippen LogP contribution in [0.2, 0.25) is 0 Å². The number of hydrogen-bond acceptors (Lipinski definition) is 1. The monoisotopic (exact) mass is 189 g/mol. The van der Waals surface area contributed by atoms with Crippen LogP contribution in [0.4, 0.5) is 5.69 Å². The highest BCUT2D eigenvalue weighted by Crippen LogP contribution is 2.29. The summed E-state index contributed by atoms with van der Waals surface area (Å²) in [5.41, 5.74) is 1.26. The van der Waals surface area contributed by atoms with Crippen molar-refractivity contribution in [2.75, 3.05) is 5.32 Å². The van der Waals surface area contributed by atoms with Crippen LogP contribution in [-0.2, 0) is 0 Å². The fourth-order valence-corrected chi connectivity index (χ4v) is 2.37. The van der Waals surface area contributed by atoms with Crippen LogP contribution in [-0.4, -0.2) is 6.04 Å². The van der Waals surface area contributed by atoms with Crippen LogP contribution in [0, 0.1) is 5.92 Å². The summed E-state index contributed by atoms with van der Waals surface area (Å²) in [5, 5.41) is 3.58. The Morgan fingerprint density at radius 3 is 2.43 bits per heavy atom. The third-order valence-corrected chi connectivity index (χ3v) is 3.28. The van der Waals surface area contributed by atoms with Crippen molar-refractivity contribution in [3.05, 3.63) is 30.3 Å². The molecule has 1 atom stereocenters. The predicted octanol–water partition coefficient (Wildman–Crippen LogP) is 3.68. The number of rotatable bonds is 3. The van der Waals surface area contributed by atoms with Gasteiger partial charge in [-0.2, -0.15) is 0 Å². The van der Waals surface area contributed by atoms with Crippen molar-refractivity contribution >= 4 is 5.69 Å². The molecule has 2 rings (SSSR count). The van der Waals surface area contributed by atoms with Crippen molar-refractivity contribution in [2.24, 2.45) is 5.92 Å². The summed E-state index contributed by atoms with van der Waals surface area (Å²) in [6.07, 6.45) is 5.65. The number of nitrogens with one attached hydrogen (secondary N) is 1. The van der Waals surface area contributed by atoms with Gasteiger partial charge >= 0.3 is 0 Å². The lowest BCUT2D eigenvalue weighted by atomic mass is 9.99.